The highest BCUT2D eigenvalue weighted by Crippen LogP contribution is 2.27. The topological polar surface area (TPSA) is 81.4 Å². The molecule has 1 aromatic carbocycles. The lowest BCUT2D eigenvalue weighted by molar-refractivity contribution is -0.275. The molecule has 1 amide bonds. The zero-order valence-electron chi connectivity index (χ0n) is 15.4. The summed E-state index contributed by atoms with van der Waals surface area (Å²) in [4.78, 5) is 21.8. The number of carbonyl (C=O) groups is 1. The molecule has 0 saturated carbocycles. The Labute approximate surface area is 164 Å². The number of benzene rings is 1. The minimum absolute atomic E-state index is 0.0306. The second-order valence-corrected chi connectivity index (χ2v) is 6.15. The molecule has 2 aromatic heterocycles. The number of carbonyl (C=O) groups excluding carboxylic acids is 1. The number of halogens is 3. The summed E-state index contributed by atoms with van der Waals surface area (Å²) in [5.41, 5.74) is 0.984. The Balaban J connectivity index is 1.57. The lowest BCUT2D eigenvalue weighted by atomic mass is 10.2. The van der Waals surface area contributed by atoms with Crippen molar-refractivity contribution in [3.8, 4) is 17.1 Å². The standard InChI is InChI=1S/C19H17F3N4O3/c1-26(12-14-4-2-3-5-15(14)28-19(20,21)22)17(27)7-6-16-24-18(25-29-16)13-8-10-23-11-9-13/h2-5,8-11H,6-7,12H2,1H3. The van der Waals surface area contributed by atoms with E-state index in [1.807, 2.05) is 0 Å². The van der Waals surface area contributed by atoms with Crippen molar-refractivity contribution in [3.63, 3.8) is 0 Å². The third kappa shape index (κ3) is 5.77. The molecule has 3 aromatic rings. The monoisotopic (exact) mass is 406 g/mol. The number of amides is 1. The van der Waals surface area contributed by atoms with E-state index in [2.05, 4.69) is 19.9 Å². The van der Waals surface area contributed by atoms with Gasteiger partial charge in [0.15, 0.2) is 0 Å². The number of rotatable bonds is 7. The number of pyridine rings is 1. The van der Waals surface area contributed by atoms with Gasteiger partial charge in [-0.3, -0.25) is 9.78 Å². The van der Waals surface area contributed by atoms with Crippen molar-refractivity contribution < 1.29 is 27.2 Å². The van der Waals surface area contributed by atoms with Gasteiger partial charge in [0.25, 0.3) is 0 Å². The minimum Gasteiger partial charge on any atom is -0.405 e. The molecule has 2 heterocycles. The predicted molar refractivity (Wildman–Crippen MR) is 95.4 cm³/mol. The summed E-state index contributed by atoms with van der Waals surface area (Å²) in [6.07, 6.45) is -1.32. The Kier molecular flexibility index (Phi) is 6.10. The average Bonchev–Trinajstić information content (AvgIpc) is 3.16. The molecule has 0 bridgehead atoms. The maximum atomic E-state index is 12.5. The van der Waals surface area contributed by atoms with Crippen LogP contribution in [-0.4, -0.2) is 39.3 Å². The van der Waals surface area contributed by atoms with Gasteiger partial charge in [0, 0.05) is 50.0 Å². The molecule has 7 nitrogen and oxygen atoms in total. The highest BCUT2D eigenvalue weighted by molar-refractivity contribution is 5.76. The Morgan fingerprint density at radius 2 is 1.90 bits per heavy atom. The molecule has 0 spiro atoms. The second-order valence-electron chi connectivity index (χ2n) is 6.15. The van der Waals surface area contributed by atoms with Gasteiger partial charge in [-0.1, -0.05) is 23.4 Å². The molecule has 0 fully saturated rings. The Bertz CT molecular complexity index is 961. The molecule has 0 atom stereocenters. The van der Waals surface area contributed by atoms with E-state index in [0.717, 1.165) is 5.56 Å². The largest absolute Gasteiger partial charge is 0.573 e. The summed E-state index contributed by atoms with van der Waals surface area (Å²) >= 11 is 0. The fourth-order valence-corrected chi connectivity index (χ4v) is 2.58. The van der Waals surface area contributed by atoms with E-state index in [-0.39, 0.29) is 36.6 Å². The van der Waals surface area contributed by atoms with Crippen LogP contribution in [0.15, 0.2) is 53.3 Å². The fraction of sp³-hybridized carbons (Fsp3) is 0.263. The second kappa shape index (κ2) is 8.72. The van der Waals surface area contributed by atoms with Crippen molar-refractivity contribution in [2.45, 2.75) is 25.7 Å². The average molecular weight is 406 g/mol. The first kappa shape index (κ1) is 20.3. The Morgan fingerprint density at radius 1 is 1.17 bits per heavy atom. The summed E-state index contributed by atoms with van der Waals surface area (Å²) in [5, 5.41) is 3.86. The van der Waals surface area contributed by atoms with Gasteiger partial charge in [-0.2, -0.15) is 4.98 Å². The number of para-hydroxylation sites is 1. The van der Waals surface area contributed by atoms with Gasteiger partial charge >= 0.3 is 6.36 Å². The third-order valence-corrected chi connectivity index (χ3v) is 3.99. The highest BCUT2D eigenvalue weighted by atomic mass is 19.4. The van der Waals surface area contributed by atoms with Crippen molar-refractivity contribution in [3.05, 3.63) is 60.2 Å². The maximum Gasteiger partial charge on any atom is 0.573 e. The highest BCUT2D eigenvalue weighted by Gasteiger charge is 2.32. The van der Waals surface area contributed by atoms with E-state index < -0.39 is 6.36 Å². The number of ether oxygens (including phenoxy) is 1. The molecule has 0 aliphatic heterocycles. The van der Waals surface area contributed by atoms with E-state index in [0.29, 0.717) is 11.7 Å². The Morgan fingerprint density at radius 3 is 2.62 bits per heavy atom. The third-order valence-electron chi connectivity index (χ3n) is 3.99. The molecule has 10 heteroatoms. The van der Waals surface area contributed by atoms with Crippen LogP contribution in [0.1, 0.15) is 17.9 Å². The van der Waals surface area contributed by atoms with E-state index in [4.69, 9.17) is 4.52 Å². The van der Waals surface area contributed by atoms with Crippen LogP contribution >= 0.6 is 0 Å². The van der Waals surface area contributed by atoms with Crippen molar-refractivity contribution in [2.24, 2.45) is 0 Å². The van der Waals surface area contributed by atoms with E-state index in [1.165, 1.54) is 30.1 Å². The number of hydrogen-bond donors (Lipinski definition) is 0. The first-order valence-corrected chi connectivity index (χ1v) is 8.62. The van der Waals surface area contributed by atoms with Gasteiger partial charge in [0.1, 0.15) is 5.75 Å². The molecule has 0 radical (unpaired) electrons. The number of aromatic nitrogens is 3. The van der Waals surface area contributed by atoms with Crippen molar-refractivity contribution >= 4 is 5.91 Å². The Hall–Kier alpha value is -3.43. The van der Waals surface area contributed by atoms with Gasteiger partial charge in [-0.25, -0.2) is 0 Å². The van der Waals surface area contributed by atoms with Crippen LogP contribution in [-0.2, 0) is 17.8 Å². The molecular weight excluding hydrogens is 389 g/mol. The molecule has 0 aliphatic rings. The van der Waals surface area contributed by atoms with Crippen molar-refractivity contribution in [1.82, 2.24) is 20.0 Å². The van der Waals surface area contributed by atoms with Crippen LogP contribution in [0.25, 0.3) is 11.4 Å². The molecule has 0 unspecified atom stereocenters. The van der Waals surface area contributed by atoms with Crippen LogP contribution in [0.2, 0.25) is 0 Å². The van der Waals surface area contributed by atoms with Gasteiger partial charge in [-0.15, -0.1) is 13.2 Å². The predicted octanol–water partition coefficient (Wildman–Crippen LogP) is 3.62. The first-order valence-electron chi connectivity index (χ1n) is 8.62. The van der Waals surface area contributed by atoms with Gasteiger partial charge in [0.2, 0.25) is 17.6 Å². The van der Waals surface area contributed by atoms with Crippen LogP contribution in [0.4, 0.5) is 13.2 Å². The summed E-state index contributed by atoms with van der Waals surface area (Å²) in [6, 6.07) is 9.16. The minimum atomic E-state index is -4.80. The molecular formula is C19H17F3N4O3. The first-order chi connectivity index (χ1) is 13.8. The molecule has 0 aliphatic carbocycles. The lowest BCUT2D eigenvalue weighted by Gasteiger charge is -2.19. The number of aryl methyl sites for hydroxylation is 1. The fourth-order valence-electron chi connectivity index (χ4n) is 2.58. The molecule has 0 saturated heterocycles. The zero-order valence-corrected chi connectivity index (χ0v) is 15.4. The summed E-state index contributed by atoms with van der Waals surface area (Å²) in [5.74, 6) is 0.0646. The van der Waals surface area contributed by atoms with E-state index in [9.17, 15) is 18.0 Å². The van der Waals surface area contributed by atoms with Crippen LogP contribution in [0, 0.1) is 0 Å². The summed E-state index contributed by atoms with van der Waals surface area (Å²) in [7, 11) is 1.50. The van der Waals surface area contributed by atoms with Gasteiger partial charge < -0.3 is 14.2 Å². The maximum absolute atomic E-state index is 12.5. The van der Waals surface area contributed by atoms with Gasteiger partial charge in [-0.05, 0) is 18.2 Å². The molecule has 152 valence electrons. The smallest absolute Gasteiger partial charge is 0.405 e. The molecule has 3 rings (SSSR count). The quantitative estimate of drug-likeness (QED) is 0.596. The number of alkyl halides is 3. The molecule has 0 N–H and O–H groups in total. The lowest BCUT2D eigenvalue weighted by Crippen LogP contribution is -2.27. The van der Waals surface area contributed by atoms with Gasteiger partial charge in [0.05, 0.1) is 0 Å². The van der Waals surface area contributed by atoms with E-state index in [1.54, 1.807) is 30.6 Å². The number of hydrogen-bond acceptors (Lipinski definition) is 6. The van der Waals surface area contributed by atoms with E-state index >= 15 is 0 Å². The SMILES string of the molecule is CN(Cc1ccccc1OC(F)(F)F)C(=O)CCc1nc(-c2ccncc2)no1. The van der Waals surface area contributed by atoms with Crippen molar-refractivity contribution in [1.29, 1.82) is 0 Å². The summed E-state index contributed by atoms with van der Waals surface area (Å²) < 4.78 is 46.7. The van der Waals surface area contributed by atoms with Crippen LogP contribution in [0.3, 0.4) is 0 Å². The van der Waals surface area contributed by atoms with Crippen molar-refractivity contribution in [2.75, 3.05) is 7.05 Å². The summed E-state index contributed by atoms with van der Waals surface area (Å²) in [6.45, 7) is -0.0306. The normalized spacial score (nSPS) is 11.3. The zero-order chi connectivity index (χ0) is 20.9. The number of nitrogens with zero attached hydrogens (tertiary/aromatic N) is 4. The molecule has 29 heavy (non-hydrogen) atoms. The van der Waals surface area contributed by atoms with Crippen LogP contribution in [0.5, 0.6) is 5.75 Å². The van der Waals surface area contributed by atoms with Crippen LogP contribution < -0.4 is 4.74 Å².